The van der Waals surface area contributed by atoms with Crippen LogP contribution < -0.4 is 14.4 Å². The zero-order valence-corrected chi connectivity index (χ0v) is 20.7. The van der Waals surface area contributed by atoms with Crippen LogP contribution in [0.5, 0.6) is 5.88 Å². The number of aryl methyl sites for hydroxylation is 1. The zero-order valence-electron chi connectivity index (χ0n) is 18.8. The number of fused-ring (bicyclic) bond motifs is 2. The minimum absolute atomic E-state index is 0.134. The quantitative estimate of drug-likeness (QED) is 0.378. The molecule has 1 amide bonds. The van der Waals surface area contributed by atoms with Crippen LogP contribution in [0.2, 0.25) is 0 Å². The molecular weight excluding hydrogens is 493 g/mol. The first kappa shape index (κ1) is 22.4. The Hall–Kier alpha value is -3.38. The van der Waals surface area contributed by atoms with Gasteiger partial charge in [-0.1, -0.05) is 0 Å². The van der Waals surface area contributed by atoms with Gasteiger partial charge < -0.3 is 0 Å². The summed E-state index contributed by atoms with van der Waals surface area (Å²) in [5.74, 6) is 2.80. The number of aromatic nitrogens is 4. The average Bonchev–Trinajstić information content (AvgIpc) is 3.35. The van der Waals surface area contributed by atoms with E-state index < -0.39 is 6.09 Å². The molecule has 1 radical (unpaired) electrons. The van der Waals surface area contributed by atoms with Crippen molar-refractivity contribution < 1.29 is 14.3 Å². The summed E-state index contributed by atoms with van der Waals surface area (Å²) in [4.78, 5) is 24.9. The molecule has 4 aromatic rings. The van der Waals surface area contributed by atoms with E-state index in [1.807, 2.05) is 42.9 Å². The molecule has 8 nitrogen and oxygen atoms in total. The van der Waals surface area contributed by atoms with E-state index in [0.717, 1.165) is 41.2 Å². The van der Waals surface area contributed by atoms with Crippen molar-refractivity contribution in [1.82, 2.24) is 19.5 Å². The van der Waals surface area contributed by atoms with Crippen LogP contribution >= 0.6 is 0 Å². The third kappa shape index (κ3) is 5.07. The van der Waals surface area contributed by atoms with Gasteiger partial charge in [0.15, 0.2) is 0 Å². The van der Waals surface area contributed by atoms with Crippen LogP contribution in [-0.2, 0) is 22.9 Å². The van der Waals surface area contributed by atoms with E-state index in [0.29, 0.717) is 24.2 Å². The molecule has 0 saturated carbocycles. The van der Waals surface area contributed by atoms with Gasteiger partial charge in [-0.3, -0.25) is 0 Å². The number of rotatable bonds is 7. The van der Waals surface area contributed by atoms with E-state index in [4.69, 9.17) is 9.47 Å². The molecule has 1 aromatic carbocycles. The Morgan fingerprint density at radius 3 is 2.94 bits per heavy atom. The third-order valence-corrected chi connectivity index (χ3v) is 8.57. The number of amides is 1. The van der Waals surface area contributed by atoms with Crippen LogP contribution in [0.4, 0.5) is 10.6 Å². The van der Waals surface area contributed by atoms with E-state index in [9.17, 15) is 4.79 Å². The fraction of sp³-hybridized carbons (Fsp3) is 0.280. The minimum atomic E-state index is -0.526. The number of methoxy groups -OCH3 is 1. The number of carbonyl (C=O) groups excluding carboxylic acids is 1. The molecule has 0 spiro atoms. The summed E-state index contributed by atoms with van der Waals surface area (Å²) >= 11 is -0.134. The Morgan fingerprint density at radius 2 is 2.09 bits per heavy atom. The third-order valence-electron chi connectivity index (χ3n) is 5.94. The van der Waals surface area contributed by atoms with Crippen LogP contribution in [0.1, 0.15) is 17.8 Å². The average molecular weight is 518 g/mol. The normalized spacial score (nSPS) is 15.4. The number of pyridine rings is 2. The molecule has 3 aromatic heterocycles. The standard InChI is InChI=1S/C25H25AsN5O3/c1-33-25(32)30-24-20-3-2-4-21(19(20)7-9-28-24)26-14-18-5-6-23(29-15-18)34-16-17-8-11-31-12-10-27-22(31)13-17/h2-7,9-10,12,15,17H,8,11,13-14,16H2,1H3,(H,28,30,32)/t17-/m1/s1. The molecule has 1 atom stereocenters. The van der Waals surface area contributed by atoms with Crippen molar-refractivity contribution in [3.05, 3.63) is 72.6 Å². The van der Waals surface area contributed by atoms with Crippen LogP contribution in [0, 0.1) is 5.92 Å². The first-order valence-electron chi connectivity index (χ1n) is 11.2. The molecule has 0 aliphatic carbocycles. The Labute approximate surface area is 204 Å². The number of carbonyl (C=O) groups is 1. The maximum atomic E-state index is 11.6. The fourth-order valence-corrected chi connectivity index (χ4v) is 6.40. The van der Waals surface area contributed by atoms with Crippen molar-refractivity contribution in [2.75, 3.05) is 19.0 Å². The number of nitrogens with one attached hydrogen (secondary N) is 1. The molecule has 1 aliphatic heterocycles. The van der Waals surface area contributed by atoms with Crippen LogP contribution in [-0.4, -0.2) is 55.1 Å². The monoisotopic (exact) mass is 518 g/mol. The number of hydrogen-bond donors (Lipinski definition) is 1. The summed E-state index contributed by atoms with van der Waals surface area (Å²) < 4.78 is 14.2. The Balaban J connectivity index is 1.19. The summed E-state index contributed by atoms with van der Waals surface area (Å²) in [6.45, 7) is 1.67. The molecule has 1 aliphatic rings. The van der Waals surface area contributed by atoms with Gasteiger partial charge in [0.2, 0.25) is 0 Å². The van der Waals surface area contributed by atoms with Gasteiger partial charge in [-0.2, -0.15) is 0 Å². The van der Waals surface area contributed by atoms with E-state index in [2.05, 4.69) is 37.0 Å². The van der Waals surface area contributed by atoms with Gasteiger partial charge in [-0.05, 0) is 0 Å². The van der Waals surface area contributed by atoms with Crippen molar-refractivity contribution >= 4 is 42.8 Å². The van der Waals surface area contributed by atoms with Gasteiger partial charge in [-0.15, -0.1) is 0 Å². The molecule has 0 fully saturated rings. The molecule has 5 rings (SSSR count). The van der Waals surface area contributed by atoms with Crippen LogP contribution in [0.15, 0.2) is 61.2 Å². The number of imidazole rings is 1. The van der Waals surface area contributed by atoms with Gasteiger partial charge in [0.05, 0.1) is 0 Å². The molecule has 0 saturated heterocycles. The predicted octanol–water partition coefficient (Wildman–Crippen LogP) is 3.18. The van der Waals surface area contributed by atoms with E-state index >= 15 is 0 Å². The molecular formula is C25H25AsN5O3. The van der Waals surface area contributed by atoms with Gasteiger partial charge >= 0.3 is 205 Å². The van der Waals surface area contributed by atoms with Crippen LogP contribution in [0.3, 0.4) is 0 Å². The number of nitrogens with zero attached hydrogens (tertiary/aromatic N) is 4. The Bertz CT molecular complexity index is 1290. The van der Waals surface area contributed by atoms with Gasteiger partial charge in [0.25, 0.3) is 0 Å². The number of hydrogen-bond acceptors (Lipinski definition) is 6. The Kier molecular flexibility index (Phi) is 6.76. The Morgan fingerprint density at radius 1 is 1.15 bits per heavy atom. The second kappa shape index (κ2) is 10.3. The SMILES string of the molecule is COC(=O)Nc1nccc2c([As]Cc3ccc(OC[C@@H]4CCn5ccnc5C4)nc3)cccc12. The molecule has 0 unspecified atom stereocenters. The molecule has 1 N–H and O–H groups in total. The predicted molar refractivity (Wildman–Crippen MR) is 131 cm³/mol. The topological polar surface area (TPSA) is 91.2 Å². The van der Waals surface area contributed by atoms with Crippen molar-refractivity contribution in [2.45, 2.75) is 24.6 Å². The molecule has 34 heavy (non-hydrogen) atoms. The summed E-state index contributed by atoms with van der Waals surface area (Å²) in [6.07, 6.45) is 9.06. The number of anilines is 1. The fourth-order valence-electron chi connectivity index (χ4n) is 4.10. The first-order valence-corrected chi connectivity index (χ1v) is 13.4. The van der Waals surface area contributed by atoms with Crippen molar-refractivity contribution in [2.24, 2.45) is 5.92 Å². The van der Waals surface area contributed by atoms with E-state index in [-0.39, 0.29) is 15.8 Å². The number of ether oxygens (including phenoxy) is 2. The summed E-state index contributed by atoms with van der Waals surface area (Å²) in [7, 11) is 1.34. The van der Waals surface area contributed by atoms with Crippen molar-refractivity contribution in [3.63, 3.8) is 0 Å². The second-order valence-corrected chi connectivity index (χ2v) is 10.5. The first-order chi connectivity index (χ1) is 16.7. The van der Waals surface area contributed by atoms with Gasteiger partial charge in [0, 0.05) is 0 Å². The van der Waals surface area contributed by atoms with Crippen molar-refractivity contribution in [1.29, 1.82) is 0 Å². The zero-order chi connectivity index (χ0) is 23.3. The van der Waals surface area contributed by atoms with Crippen LogP contribution in [0.25, 0.3) is 10.8 Å². The van der Waals surface area contributed by atoms with Gasteiger partial charge in [0.1, 0.15) is 0 Å². The maximum absolute atomic E-state index is 11.6. The van der Waals surface area contributed by atoms with Crippen molar-refractivity contribution in [3.8, 4) is 5.88 Å². The van der Waals surface area contributed by atoms with E-state index in [1.165, 1.54) is 17.0 Å². The molecule has 9 heteroatoms. The summed E-state index contributed by atoms with van der Waals surface area (Å²) in [5.41, 5.74) is 1.19. The molecule has 4 heterocycles. The molecule has 0 bridgehead atoms. The summed E-state index contributed by atoms with van der Waals surface area (Å²) in [5, 5.41) is 5.64. The summed E-state index contributed by atoms with van der Waals surface area (Å²) in [6, 6.07) is 12.2. The van der Waals surface area contributed by atoms with Gasteiger partial charge in [-0.25, -0.2) is 0 Å². The second-order valence-electron chi connectivity index (χ2n) is 8.18. The number of benzene rings is 1. The van der Waals surface area contributed by atoms with E-state index in [1.54, 1.807) is 6.20 Å². The molecule has 173 valence electrons.